The first-order chi connectivity index (χ1) is 8.72. The Kier molecular flexibility index (Phi) is 3.42. The normalized spacial score (nSPS) is 21.7. The Hall–Kier alpha value is -0.470. The summed E-state index contributed by atoms with van der Waals surface area (Å²) in [5.41, 5.74) is 4.63. The van der Waals surface area contributed by atoms with Crippen molar-refractivity contribution in [3.63, 3.8) is 0 Å². The van der Waals surface area contributed by atoms with Crippen molar-refractivity contribution in [1.82, 2.24) is 5.32 Å². The highest BCUT2D eigenvalue weighted by Gasteiger charge is 2.41. The maximum atomic E-state index is 3.72. The van der Waals surface area contributed by atoms with Gasteiger partial charge in [0.05, 0.1) is 0 Å². The molecule has 1 aromatic rings. The van der Waals surface area contributed by atoms with Crippen LogP contribution in [0.5, 0.6) is 0 Å². The minimum absolute atomic E-state index is 0.487. The van der Waals surface area contributed by atoms with E-state index in [2.05, 4.69) is 36.7 Å². The highest BCUT2D eigenvalue weighted by Crippen LogP contribution is 2.46. The Labute approximate surface area is 115 Å². The summed E-state index contributed by atoms with van der Waals surface area (Å²) < 4.78 is 0.561. The minimum Gasteiger partial charge on any atom is -0.309 e. The SMILES string of the molecule is CSC1(CNC(C)c2ccc3c(c2)CCC3)CC1. The number of nitrogens with one attached hydrogen (secondary N) is 1. The Balaban J connectivity index is 1.63. The van der Waals surface area contributed by atoms with Gasteiger partial charge in [-0.3, -0.25) is 0 Å². The first-order valence-electron chi connectivity index (χ1n) is 7.13. The Morgan fingerprint density at radius 1 is 1.28 bits per heavy atom. The fourth-order valence-electron chi connectivity index (χ4n) is 2.91. The van der Waals surface area contributed by atoms with E-state index in [1.54, 1.807) is 11.1 Å². The highest BCUT2D eigenvalue weighted by molar-refractivity contribution is 8.00. The summed E-state index contributed by atoms with van der Waals surface area (Å²) in [6.45, 7) is 3.46. The molecule has 2 aliphatic carbocycles. The summed E-state index contributed by atoms with van der Waals surface area (Å²) in [5, 5.41) is 3.72. The van der Waals surface area contributed by atoms with E-state index in [-0.39, 0.29) is 0 Å². The molecule has 1 saturated carbocycles. The van der Waals surface area contributed by atoms with E-state index in [9.17, 15) is 0 Å². The van der Waals surface area contributed by atoms with Crippen LogP contribution >= 0.6 is 11.8 Å². The predicted molar refractivity (Wildman–Crippen MR) is 80.4 cm³/mol. The smallest absolute Gasteiger partial charge is 0.0292 e. The van der Waals surface area contributed by atoms with E-state index < -0.39 is 0 Å². The van der Waals surface area contributed by atoms with Crippen LogP contribution in [0.3, 0.4) is 0 Å². The van der Waals surface area contributed by atoms with Gasteiger partial charge in [0.25, 0.3) is 0 Å². The molecule has 0 spiro atoms. The first-order valence-corrected chi connectivity index (χ1v) is 8.35. The van der Waals surface area contributed by atoms with Gasteiger partial charge in [-0.25, -0.2) is 0 Å². The lowest BCUT2D eigenvalue weighted by Gasteiger charge is -2.19. The van der Waals surface area contributed by atoms with Crippen molar-refractivity contribution >= 4 is 11.8 Å². The number of hydrogen-bond acceptors (Lipinski definition) is 2. The average Bonchev–Trinajstić information content (AvgIpc) is 3.04. The molecule has 0 heterocycles. The van der Waals surface area contributed by atoms with Gasteiger partial charge in [0.1, 0.15) is 0 Å². The average molecular weight is 261 g/mol. The molecule has 1 N–H and O–H groups in total. The van der Waals surface area contributed by atoms with Crippen molar-refractivity contribution in [2.75, 3.05) is 12.8 Å². The van der Waals surface area contributed by atoms with Crippen molar-refractivity contribution in [1.29, 1.82) is 0 Å². The molecule has 0 aromatic heterocycles. The second-order valence-corrected chi connectivity index (χ2v) is 7.15. The van der Waals surface area contributed by atoms with Crippen LogP contribution in [-0.2, 0) is 12.8 Å². The molecule has 3 rings (SSSR count). The first kappa shape index (κ1) is 12.6. The Morgan fingerprint density at radius 2 is 2.06 bits per heavy atom. The van der Waals surface area contributed by atoms with Crippen molar-refractivity contribution < 1.29 is 0 Å². The van der Waals surface area contributed by atoms with Crippen LogP contribution in [0.2, 0.25) is 0 Å². The largest absolute Gasteiger partial charge is 0.309 e. The second kappa shape index (κ2) is 4.90. The summed E-state index contributed by atoms with van der Waals surface area (Å²) in [6.07, 6.45) is 8.93. The topological polar surface area (TPSA) is 12.0 Å². The van der Waals surface area contributed by atoms with Gasteiger partial charge in [-0.05, 0) is 62.0 Å². The molecule has 98 valence electrons. The number of fused-ring (bicyclic) bond motifs is 1. The van der Waals surface area contributed by atoms with Gasteiger partial charge in [-0.1, -0.05) is 18.2 Å². The van der Waals surface area contributed by atoms with Crippen molar-refractivity contribution in [2.45, 2.75) is 49.8 Å². The maximum absolute atomic E-state index is 3.72. The number of rotatable bonds is 5. The maximum Gasteiger partial charge on any atom is 0.0292 e. The van der Waals surface area contributed by atoms with Crippen LogP contribution in [0.25, 0.3) is 0 Å². The highest BCUT2D eigenvalue weighted by atomic mass is 32.2. The molecule has 1 nitrogen and oxygen atoms in total. The van der Waals surface area contributed by atoms with Gasteiger partial charge < -0.3 is 5.32 Å². The molecule has 1 fully saturated rings. The fourth-order valence-corrected chi connectivity index (χ4v) is 3.65. The monoisotopic (exact) mass is 261 g/mol. The lowest BCUT2D eigenvalue weighted by molar-refractivity contribution is 0.563. The summed E-state index contributed by atoms with van der Waals surface area (Å²) >= 11 is 2.03. The molecule has 1 unspecified atom stereocenters. The summed E-state index contributed by atoms with van der Waals surface area (Å²) in [6, 6.07) is 7.58. The molecule has 2 aliphatic rings. The van der Waals surface area contributed by atoms with E-state index in [1.807, 2.05) is 11.8 Å². The lowest BCUT2D eigenvalue weighted by Crippen LogP contribution is -2.28. The third kappa shape index (κ3) is 2.46. The standard InChI is InChI=1S/C16H23NS/c1-12(17-11-16(18-2)8-9-16)14-7-6-13-4-3-5-15(13)10-14/h6-7,10,12,17H,3-5,8-9,11H2,1-2H3. The van der Waals surface area contributed by atoms with Crippen LogP contribution in [0, 0.1) is 0 Å². The fraction of sp³-hybridized carbons (Fsp3) is 0.625. The Morgan fingerprint density at radius 3 is 2.78 bits per heavy atom. The number of hydrogen-bond donors (Lipinski definition) is 1. The van der Waals surface area contributed by atoms with Gasteiger partial charge in [0, 0.05) is 17.3 Å². The van der Waals surface area contributed by atoms with Gasteiger partial charge in [-0.2, -0.15) is 11.8 Å². The third-order valence-electron chi connectivity index (χ3n) is 4.59. The van der Waals surface area contributed by atoms with Crippen molar-refractivity contribution in [3.05, 3.63) is 34.9 Å². The van der Waals surface area contributed by atoms with Crippen LogP contribution in [0.4, 0.5) is 0 Å². The van der Waals surface area contributed by atoms with Crippen LogP contribution in [0.1, 0.15) is 48.9 Å². The molecular formula is C16H23NS. The molecule has 1 aromatic carbocycles. The zero-order valence-corrected chi connectivity index (χ0v) is 12.3. The Bertz CT molecular complexity index is 437. The van der Waals surface area contributed by atoms with Gasteiger partial charge in [0.2, 0.25) is 0 Å². The van der Waals surface area contributed by atoms with Crippen molar-refractivity contribution in [3.8, 4) is 0 Å². The zero-order valence-electron chi connectivity index (χ0n) is 11.5. The van der Waals surface area contributed by atoms with E-state index in [0.717, 1.165) is 6.54 Å². The molecule has 0 bridgehead atoms. The molecule has 18 heavy (non-hydrogen) atoms. The molecule has 0 saturated heterocycles. The van der Waals surface area contributed by atoms with Crippen LogP contribution in [-0.4, -0.2) is 17.5 Å². The van der Waals surface area contributed by atoms with Crippen molar-refractivity contribution in [2.24, 2.45) is 0 Å². The molecule has 0 radical (unpaired) electrons. The van der Waals surface area contributed by atoms with Gasteiger partial charge >= 0.3 is 0 Å². The zero-order chi connectivity index (χ0) is 12.6. The van der Waals surface area contributed by atoms with Gasteiger partial charge in [0.15, 0.2) is 0 Å². The van der Waals surface area contributed by atoms with E-state index in [0.29, 0.717) is 10.8 Å². The summed E-state index contributed by atoms with van der Waals surface area (Å²) in [4.78, 5) is 0. The van der Waals surface area contributed by atoms with Gasteiger partial charge in [-0.15, -0.1) is 0 Å². The lowest BCUT2D eigenvalue weighted by atomic mass is 10.0. The van der Waals surface area contributed by atoms with E-state index >= 15 is 0 Å². The number of benzene rings is 1. The van der Waals surface area contributed by atoms with E-state index in [1.165, 1.54) is 37.7 Å². The quantitative estimate of drug-likeness (QED) is 0.867. The number of thioether (sulfide) groups is 1. The molecule has 1 atom stereocenters. The summed E-state index contributed by atoms with van der Waals surface area (Å²) in [7, 11) is 0. The predicted octanol–water partition coefficient (Wildman–Crippen LogP) is 3.72. The van der Waals surface area contributed by atoms with E-state index in [4.69, 9.17) is 0 Å². The molecule has 0 amide bonds. The van der Waals surface area contributed by atoms with Crippen LogP contribution < -0.4 is 5.32 Å². The summed E-state index contributed by atoms with van der Waals surface area (Å²) in [5.74, 6) is 0. The number of aryl methyl sites for hydroxylation is 2. The minimum atomic E-state index is 0.487. The molecule has 2 heteroatoms. The third-order valence-corrected chi connectivity index (χ3v) is 6.01. The molecular weight excluding hydrogens is 238 g/mol. The second-order valence-electron chi connectivity index (χ2n) is 5.87. The van der Waals surface area contributed by atoms with Crippen LogP contribution in [0.15, 0.2) is 18.2 Å². The molecule has 0 aliphatic heterocycles.